The van der Waals surface area contributed by atoms with Crippen LogP contribution in [-0.4, -0.2) is 15.0 Å². The lowest BCUT2D eigenvalue weighted by molar-refractivity contribution is 0.664. The van der Waals surface area contributed by atoms with Gasteiger partial charge in [0.05, 0.1) is 0 Å². The summed E-state index contributed by atoms with van der Waals surface area (Å²) in [6.45, 7) is 4.72. The van der Waals surface area contributed by atoms with Crippen molar-refractivity contribution in [3.63, 3.8) is 0 Å². The molecule has 7 aromatic carbocycles. The van der Waals surface area contributed by atoms with Crippen molar-refractivity contribution in [2.45, 2.75) is 19.3 Å². The van der Waals surface area contributed by atoms with Crippen LogP contribution in [0.4, 0.5) is 0 Å². The Balaban J connectivity index is 1.08. The minimum absolute atomic E-state index is 0.345. The molecule has 0 saturated carbocycles. The van der Waals surface area contributed by atoms with Gasteiger partial charge in [0, 0.05) is 59.0 Å². The molecule has 0 aliphatic heterocycles. The highest BCUT2D eigenvalue weighted by molar-refractivity contribution is 7.19. The molecule has 6 heteroatoms. The fourth-order valence-electron chi connectivity index (χ4n) is 8.92. The molecule has 0 unspecified atom stereocenters. The highest BCUT2D eigenvalue weighted by Gasteiger charge is 2.42. The number of hydrogen-bond acceptors (Lipinski definition) is 6. The largest absolute Gasteiger partial charge is 0.456 e. The lowest BCUT2D eigenvalue weighted by atomic mass is 9.81. The summed E-state index contributed by atoms with van der Waals surface area (Å²) >= 11 is 1.87. The Labute approximate surface area is 337 Å². The molecule has 4 aromatic heterocycles. The predicted octanol–water partition coefficient (Wildman–Crippen LogP) is 14.4. The summed E-state index contributed by atoms with van der Waals surface area (Å²) in [6, 6.07) is 57.0. The maximum atomic E-state index is 6.28. The number of nitrogens with zero attached hydrogens (tertiary/aromatic N) is 3. The quantitative estimate of drug-likeness (QED) is 0.175. The highest BCUT2D eigenvalue weighted by Crippen LogP contribution is 2.60. The summed E-state index contributed by atoms with van der Waals surface area (Å²) in [5.41, 5.74) is 13.5. The van der Waals surface area contributed by atoms with Crippen molar-refractivity contribution < 1.29 is 8.83 Å². The van der Waals surface area contributed by atoms with E-state index in [1.165, 1.54) is 43.1 Å². The van der Waals surface area contributed by atoms with Gasteiger partial charge in [-0.05, 0) is 82.4 Å². The number of aromatic nitrogens is 3. The van der Waals surface area contributed by atoms with E-state index < -0.39 is 0 Å². The molecule has 58 heavy (non-hydrogen) atoms. The zero-order valence-corrected chi connectivity index (χ0v) is 32.5. The van der Waals surface area contributed by atoms with E-state index in [1.54, 1.807) is 0 Å². The normalized spacial score (nSPS) is 13.1. The molecule has 0 amide bonds. The van der Waals surface area contributed by atoms with Crippen molar-refractivity contribution in [3.8, 4) is 66.2 Å². The van der Waals surface area contributed by atoms with Gasteiger partial charge in [0.25, 0.3) is 0 Å². The Hall–Kier alpha value is -7.15. The predicted molar refractivity (Wildman–Crippen MR) is 237 cm³/mol. The van der Waals surface area contributed by atoms with Gasteiger partial charge in [-0.3, -0.25) is 0 Å². The molecule has 0 saturated heterocycles. The van der Waals surface area contributed by atoms with Gasteiger partial charge in [0.15, 0.2) is 17.5 Å². The minimum Gasteiger partial charge on any atom is -0.456 e. The first-order valence-corrected chi connectivity index (χ1v) is 20.3. The van der Waals surface area contributed by atoms with Crippen LogP contribution in [0, 0.1) is 0 Å². The van der Waals surface area contributed by atoms with E-state index in [0.29, 0.717) is 17.5 Å². The summed E-state index contributed by atoms with van der Waals surface area (Å²) in [5.74, 6) is 1.95. The second-order valence-corrected chi connectivity index (χ2v) is 16.6. The molecule has 274 valence electrons. The Bertz CT molecular complexity index is 3370. The minimum atomic E-state index is -0.345. The summed E-state index contributed by atoms with van der Waals surface area (Å²) in [7, 11) is 0. The van der Waals surface area contributed by atoms with E-state index in [4.69, 9.17) is 23.8 Å². The monoisotopic (exact) mass is 763 g/mol. The van der Waals surface area contributed by atoms with Gasteiger partial charge in [0.2, 0.25) is 0 Å². The van der Waals surface area contributed by atoms with E-state index in [9.17, 15) is 0 Å². The molecule has 0 fully saturated rings. The number of benzene rings is 7. The standard InChI is InChI=1S/C52H33N3O2S/c1-52(2)40-29-34(51-54-49(30-13-5-3-6-14-30)53-50(55-51)31-15-7-4-8-16-31)21-24-37(40)45-46(52)48(33-23-26-44-39(28-33)36-18-10-12-20-42(36)57-44)58-47(45)32-22-25-43-38(27-32)35-17-9-11-19-41(35)56-43/h3-29H,1-2H3. The molecule has 11 aromatic rings. The van der Waals surface area contributed by atoms with Crippen LogP contribution < -0.4 is 0 Å². The van der Waals surface area contributed by atoms with E-state index in [-0.39, 0.29) is 5.41 Å². The maximum Gasteiger partial charge on any atom is 0.164 e. The molecule has 1 aliphatic rings. The van der Waals surface area contributed by atoms with Gasteiger partial charge in [-0.2, -0.15) is 0 Å². The summed E-state index contributed by atoms with van der Waals surface area (Å²) < 4.78 is 12.6. The van der Waals surface area contributed by atoms with Crippen LogP contribution in [0.25, 0.3) is 110 Å². The number of para-hydroxylation sites is 2. The van der Waals surface area contributed by atoms with Crippen LogP contribution in [0.3, 0.4) is 0 Å². The van der Waals surface area contributed by atoms with Gasteiger partial charge in [-0.1, -0.05) is 123 Å². The van der Waals surface area contributed by atoms with E-state index in [0.717, 1.165) is 60.6 Å². The SMILES string of the molecule is CC1(C)c2cc(-c3nc(-c4ccccc4)nc(-c4ccccc4)n3)ccc2-c2c(-c3ccc4oc5ccccc5c4c3)sc(-c3ccc4oc5ccccc5c4c3)c21. The molecule has 0 atom stereocenters. The first-order chi connectivity index (χ1) is 28.5. The van der Waals surface area contributed by atoms with Gasteiger partial charge in [-0.25, -0.2) is 15.0 Å². The van der Waals surface area contributed by atoms with Crippen LogP contribution in [0.2, 0.25) is 0 Å². The number of furan rings is 2. The average molecular weight is 764 g/mol. The third-order valence-electron chi connectivity index (χ3n) is 11.7. The zero-order chi connectivity index (χ0) is 38.5. The van der Waals surface area contributed by atoms with Crippen molar-refractivity contribution >= 4 is 55.2 Å². The van der Waals surface area contributed by atoms with Crippen molar-refractivity contribution in [3.05, 3.63) is 175 Å². The Morgan fingerprint density at radius 1 is 0.414 bits per heavy atom. The topological polar surface area (TPSA) is 65.0 Å². The molecule has 12 rings (SSSR count). The Kier molecular flexibility index (Phi) is 7.08. The Morgan fingerprint density at radius 3 is 1.45 bits per heavy atom. The van der Waals surface area contributed by atoms with Crippen LogP contribution in [-0.2, 0) is 5.41 Å². The molecule has 4 heterocycles. The van der Waals surface area contributed by atoms with E-state index in [1.807, 2.05) is 96.3 Å². The number of thiophene rings is 1. The maximum absolute atomic E-state index is 6.28. The van der Waals surface area contributed by atoms with E-state index in [2.05, 4.69) is 92.7 Å². The van der Waals surface area contributed by atoms with Crippen molar-refractivity contribution in [2.24, 2.45) is 0 Å². The second-order valence-electron chi connectivity index (χ2n) is 15.6. The van der Waals surface area contributed by atoms with Gasteiger partial charge in [-0.15, -0.1) is 11.3 Å². The third-order valence-corrected chi connectivity index (χ3v) is 13.0. The lowest BCUT2D eigenvalue weighted by Crippen LogP contribution is -2.15. The zero-order valence-electron chi connectivity index (χ0n) is 31.7. The molecular weight excluding hydrogens is 731 g/mol. The molecule has 0 N–H and O–H groups in total. The van der Waals surface area contributed by atoms with Gasteiger partial charge in [0.1, 0.15) is 22.3 Å². The number of rotatable bonds is 5. The lowest BCUT2D eigenvalue weighted by Gasteiger charge is -2.23. The van der Waals surface area contributed by atoms with Crippen LogP contribution >= 0.6 is 11.3 Å². The molecule has 0 radical (unpaired) electrons. The van der Waals surface area contributed by atoms with E-state index >= 15 is 0 Å². The first-order valence-electron chi connectivity index (χ1n) is 19.5. The van der Waals surface area contributed by atoms with Crippen LogP contribution in [0.15, 0.2) is 173 Å². The van der Waals surface area contributed by atoms with Crippen molar-refractivity contribution in [1.82, 2.24) is 15.0 Å². The van der Waals surface area contributed by atoms with Gasteiger partial charge < -0.3 is 8.83 Å². The molecule has 5 nitrogen and oxygen atoms in total. The molecule has 0 spiro atoms. The van der Waals surface area contributed by atoms with Gasteiger partial charge >= 0.3 is 0 Å². The fraction of sp³-hybridized carbons (Fsp3) is 0.0577. The highest BCUT2D eigenvalue weighted by atomic mass is 32.1. The molecular formula is C52H33N3O2S. The summed E-state index contributed by atoms with van der Waals surface area (Å²) in [5, 5.41) is 4.49. The molecule has 1 aliphatic carbocycles. The first kappa shape index (κ1) is 33.0. The number of hydrogen-bond donors (Lipinski definition) is 0. The van der Waals surface area contributed by atoms with Crippen LogP contribution in [0.1, 0.15) is 25.0 Å². The fourth-order valence-corrected chi connectivity index (χ4v) is 10.4. The Morgan fingerprint density at radius 2 is 0.879 bits per heavy atom. The third kappa shape index (κ3) is 4.98. The van der Waals surface area contributed by atoms with Crippen molar-refractivity contribution in [1.29, 1.82) is 0 Å². The second kappa shape index (κ2) is 12.4. The van der Waals surface area contributed by atoms with Crippen LogP contribution in [0.5, 0.6) is 0 Å². The van der Waals surface area contributed by atoms with Crippen molar-refractivity contribution in [2.75, 3.05) is 0 Å². The molecule has 0 bridgehead atoms. The summed E-state index contributed by atoms with van der Waals surface area (Å²) in [6.07, 6.45) is 0. The average Bonchev–Trinajstić information content (AvgIpc) is 4.02. The smallest absolute Gasteiger partial charge is 0.164 e. The summed E-state index contributed by atoms with van der Waals surface area (Å²) in [4.78, 5) is 17.7. The number of fused-ring (bicyclic) bond motifs is 9.